The van der Waals surface area contributed by atoms with Crippen LogP contribution >= 0.6 is 0 Å². The SMILES string of the molecule is CCOC(=O)C[C@H](C(=O)OCC)[C@H](NC(=O)c1c(F)cc(F)cc1F)C(=O)O. The zero-order chi connectivity index (χ0) is 21.4. The summed E-state index contributed by atoms with van der Waals surface area (Å²) in [7, 11) is 0. The van der Waals surface area contributed by atoms with Crippen molar-refractivity contribution in [1.82, 2.24) is 5.32 Å². The van der Waals surface area contributed by atoms with Crippen molar-refractivity contribution < 1.29 is 46.9 Å². The number of hydrogen-bond donors (Lipinski definition) is 2. The Morgan fingerprint density at radius 1 is 1.04 bits per heavy atom. The van der Waals surface area contributed by atoms with Crippen LogP contribution in [-0.2, 0) is 23.9 Å². The van der Waals surface area contributed by atoms with E-state index in [1.165, 1.54) is 13.8 Å². The summed E-state index contributed by atoms with van der Waals surface area (Å²) >= 11 is 0. The number of esters is 2. The molecule has 0 radical (unpaired) electrons. The topological polar surface area (TPSA) is 119 Å². The Labute approximate surface area is 157 Å². The van der Waals surface area contributed by atoms with Crippen LogP contribution in [0.15, 0.2) is 12.1 Å². The Kier molecular flexibility index (Phi) is 8.42. The maximum Gasteiger partial charge on any atom is 0.327 e. The number of halogens is 3. The van der Waals surface area contributed by atoms with Crippen molar-refractivity contribution in [1.29, 1.82) is 0 Å². The Bertz CT molecular complexity index is 746. The van der Waals surface area contributed by atoms with Crippen molar-refractivity contribution in [2.24, 2.45) is 5.92 Å². The second kappa shape index (κ2) is 10.3. The summed E-state index contributed by atoms with van der Waals surface area (Å²) in [4.78, 5) is 47.5. The third kappa shape index (κ3) is 5.96. The number of carbonyl (C=O) groups excluding carboxylic acids is 3. The summed E-state index contributed by atoms with van der Waals surface area (Å²) in [6.45, 7) is 2.70. The number of ether oxygens (including phenoxy) is 2. The van der Waals surface area contributed by atoms with Crippen molar-refractivity contribution >= 4 is 23.8 Å². The van der Waals surface area contributed by atoms with Gasteiger partial charge < -0.3 is 19.9 Å². The average Bonchev–Trinajstić information content (AvgIpc) is 2.57. The highest BCUT2D eigenvalue weighted by atomic mass is 19.1. The van der Waals surface area contributed by atoms with E-state index in [0.717, 1.165) is 0 Å². The van der Waals surface area contributed by atoms with Crippen LogP contribution in [0.5, 0.6) is 0 Å². The van der Waals surface area contributed by atoms with Crippen LogP contribution in [0.1, 0.15) is 30.6 Å². The third-order valence-electron chi connectivity index (χ3n) is 3.47. The van der Waals surface area contributed by atoms with Gasteiger partial charge in [-0.25, -0.2) is 18.0 Å². The van der Waals surface area contributed by atoms with Crippen molar-refractivity contribution in [2.45, 2.75) is 26.3 Å². The molecule has 0 saturated heterocycles. The van der Waals surface area contributed by atoms with Crippen molar-refractivity contribution in [3.63, 3.8) is 0 Å². The number of rotatable bonds is 9. The number of amides is 1. The molecule has 1 amide bonds. The fraction of sp³-hybridized carbons (Fsp3) is 0.412. The molecule has 1 aromatic carbocycles. The first kappa shape index (κ1) is 22.9. The second-order valence-corrected chi connectivity index (χ2v) is 5.40. The minimum Gasteiger partial charge on any atom is -0.480 e. The molecular formula is C17H18F3NO7. The van der Waals surface area contributed by atoms with E-state index in [2.05, 4.69) is 4.74 Å². The third-order valence-corrected chi connectivity index (χ3v) is 3.47. The van der Waals surface area contributed by atoms with Crippen LogP contribution in [0.3, 0.4) is 0 Å². The van der Waals surface area contributed by atoms with Crippen LogP contribution in [0.2, 0.25) is 0 Å². The van der Waals surface area contributed by atoms with E-state index in [9.17, 15) is 37.5 Å². The first-order valence-corrected chi connectivity index (χ1v) is 8.12. The van der Waals surface area contributed by atoms with Crippen LogP contribution in [0, 0.1) is 23.4 Å². The molecule has 0 heterocycles. The summed E-state index contributed by atoms with van der Waals surface area (Å²) in [5.74, 6) is -11.6. The second-order valence-electron chi connectivity index (χ2n) is 5.40. The molecule has 0 bridgehead atoms. The van der Waals surface area contributed by atoms with Gasteiger partial charge in [0.2, 0.25) is 0 Å². The molecule has 0 saturated carbocycles. The predicted molar refractivity (Wildman–Crippen MR) is 86.6 cm³/mol. The minimum absolute atomic E-state index is 0.0511. The summed E-state index contributed by atoms with van der Waals surface area (Å²) in [6, 6.07) is -1.61. The Balaban J connectivity index is 3.20. The maximum atomic E-state index is 13.8. The van der Waals surface area contributed by atoms with Crippen LogP contribution < -0.4 is 5.32 Å². The van der Waals surface area contributed by atoms with Crippen molar-refractivity contribution in [3.8, 4) is 0 Å². The van der Waals surface area contributed by atoms with E-state index < -0.39 is 65.2 Å². The molecule has 1 aromatic rings. The van der Waals surface area contributed by atoms with E-state index in [1.807, 2.05) is 0 Å². The molecule has 2 atom stereocenters. The summed E-state index contributed by atoms with van der Waals surface area (Å²) in [5.41, 5.74) is -1.24. The fourth-order valence-electron chi connectivity index (χ4n) is 2.29. The molecule has 0 aromatic heterocycles. The van der Waals surface area contributed by atoms with Gasteiger partial charge in [-0.2, -0.15) is 0 Å². The smallest absolute Gasteiger partial charge is 0.327 e. The number of benzene rings is 1. The van der Waals surface area contributed by atoms with Crippen LogP contribution in [-0.4, -0.2) is 48.2 Å². The van der Waals surface area contributed by atoms with E-state index >= 15 is 0 Å². The van der Waals surface area contributed by atoms with Gasteiger partial charge >= 0.3 is 17.9 Å². The zero-order valence-corrected chi connectivity index (χ0v) is 15.0. The fourth-order valence-corrected chi connectivity index (χ4v) is 2.29. The van der Waals surface area contributed by atoms with Gasteiger partial charge in [0.15, 0.2) is 0 Å². The standard InChI is InChI=1S/C17H18F3NO7/c1-3-27-12(22)7-9(17(26)28-4-2)14(16(24)25)21-15(23)13-10(19)5-8(18)6-11(13)20/h5-6,9,14H,3-4,7H2,1-2H3,(H,21,23)(H,24,25)/t9-,14-/m0/s1. The number of hydrogen-bond acceptors (Lipinski definition) is 6. The molecule has 0 aliphatic carbocycles. The number of carboxylic acid groups (broad SMARTS) is 1. The first-order chi connectivity index (χ1) is 13.1. The van der Waals surface area contributed by atoms with Gasteiger partial charge in [0.1, 0.15) is 29.1 Å². The lowest BCUT2D eigenvalue weighted by atomic mass is 9.95. The van der Waals surface area contributed by atoms with Gasteiger partial charge in [-0.05, 0) is 13.8 Å². The molecule has 0 aliphatic rings. The molecule has 8 nitrogen and oxygen atoms in total. The molecule has 28 heavy (non-hydrogen) atoms. The monoisotopic (exact) mass is 405 g/mol. The molecule has 0 fully saturated rings. The Morgan fingerprint density at radius 3 is 2.04 bits per heavy atom. The van der Waals surface area contributed by atoms with E-state index in [-0.39, 0.29) is 25.3 Å². The molecule has 154 valence electrons. The van der Waals surface area contributed by atoms with E-state index in [1.54, 1.807) is 5.32 Å². The van der Waals surface area contributed by atoms with Gasteiger partial charge in [-0.1, -0.05) is 0 Å². The predicted octanol–water partition coefficient (Wildman–Crippen LogP) is 1.42. The quantitative estimate of drug-likeness (QED) is 0.597. The Hall–Kier alpha value is -3.11. The molecule has 0 spiro atoms. The summed E-state index contributed by atoms with van der Waals surface area (Å²) in [5, 5.41) is 11.1. The van der Waals surface area contributed by atoms with E-state index in [0.29, 0.717) is 0 Å². The lowest BCUT2D eigenvalue weighted by molar-refractivity contribution is -0.159. The number of carboxylic acids is 1. The van der Waals surface area contributed by atoms with Gasteiger partial charge in [-0.3, -0.25) is 14.4 Å². The van der Waals surface area contributed by atoms with Gasteiger partial charge in [0, 0.05) is 12.1 Å². The zero-order valence-electron chi connectivity index (χ0n) is 15.0. The largest absolute Gasteiger partial charge is 0.480 e. The Morgan fingerprint density at radius 2 is 1.57 bits per heavy atom. The van der Waals surface area contributed by atoms with Crippen LogP contribution in [0.4, 0.5) is 13.2 Å². The van der Waals surface area contributed by atoms with Gasteiger partial charge in [-0.15, -0.1) is 0 Å². The van der Waals surface area contributed by atoms with Gasteiger partial charge in [0.25, 0.3) is 5.91 Å². The maximum absolute atomic E-state index is 13.8. The summed E-state index contributed by atoms with van der Waals surface area (Å²) < 4.78 is 49.8. The first-order valence-electron chi connectivity index (χ1n) is 8.12. The number of aliphatic carboxylic acids is 1. The minimum atomic E-state index is -2.07. The normalized spacial score (nSPS) is 12.6. The lowest BCUT2D eigenvalue weighted by Crippen LogP contribution is -2.50. The average molecular weight is 405 g/mol. The summed E-state index contributed by atoms with van der Waals surface area (Å²) in [6.07, 6.45) is -0.766. The highest BCUT2D eigenvalue weighted by Gasteiger charge is 2.39. The lowest BCUT2D eigenvalue weighted by Gasteiger charge is -2.23. The number of nitrogens with one attached hydrogen (secondary N) is 1. The highest BCUT2D eigenvalue weighted by Crippen LogP contribution is 2.18. The van der Waals surface area contributed by atoms with Crippen molar-refractivity contribution in [2.75, 3.05) is 13.2 Å². The molecule has 2 N–H and O–H groups in total. The molecule has 0 unspecified atom stereocenters. The van der Waals surface area contributed by atoms with Gasteiger partial charge in [0.05, 0.1) is 25.6 Å². The van der Waals surface area contributed by atoms with Crippen molar-refractivity contribution in [3.05, 3.63) is 35.1 Å². The molecule has 11 heteroatoms. The van der Waals surface area contributed by atoms with Crippen LogP contribution in [0.25, 0.3) is 0 Å². The number of carbonyl (C=O) groups is 4. The molecule has 0 aliphatic heterocycles. The molecule has 1 rings (SSSR count). The molecular weight excluding hydrogens is 387 g/mol. The highest BCUT2D eigenvalue weighted by molar-refractivity contribution is 5.98. The van der Waals surface area contributed by atoms with E-state index in [4.69, 9.17) is 4.74 Å².